The summed E-state index contributed by atoms with van der Waals surface area (Å²) in [7, 11) is 0. The number of rotatable bonds is 5. The van der Waals surface area contributed by atoms with E-state index in [0.29, 0.717) is 33.1 Å². The third kappa shape index (κ3) is 4.13. The number of nitrogens with zero attached hydrogens (tertiary/aromatic N) is 2. The Hall–Kier alpha value is -2.50. The second-order valence-electron chi connectivity index (χ2n) is 5.41. The van der Waals surface area contributed by atoms with Crippen LogP contribution in [0.4, 0.5) is 28.7 Å². The normalized spacial score (nSPS) is 10.5. The van der Waals surface area contributed by atoms with Crippen molar-refractivity contribution in [3.05, 3.63) is 64.4 Å². The Balaban J connectivity index is 1.85. The topological polar surface area (TPSA) is 75.9 Å². The molecular formula is C18H17Cl2N5. The first-order valence-corrected chi connectivity index (χ1v) is 8.51. The number of hydrogen-bond donors (Lipinski definition) is 3. The van der Waals surface area contributed by atoms with Crippen LogP contribution in [0.5, 0.6) is 0 Å². The average Bonchev–Trinajstić information content (AvgIpc) is 2.62. The summed E-state index contributed by atoms with van der Waals surface area (Å²) in [5, 5.41) is 7.38. The summed E-state index contributed by atoms with van der Waals surface area (Å²) >= 11 is 12.2. The molecule has 0 spiro atoms. The van der Waals surface area contributed by atoms with Crippen molar-refractivity contribution >= 4 is 51.9 Å². The fraction of sp³-hybridized carbons (Fsp3) is 0.111. The maximum atomic E-state index is 6.20. The van der Waals surface area contributed by atoms with Crippen molar-refractivity contribution < 1.29 is 0 Å². The molecule has 0 aliphatic rings. The van der Waals surface area contributed by atoms with E-state index in [2.05, 4.69) is 39.7 Å². The van der Waals surface area contributed by atoms with Gasteiger partial charge in [0.1, 0.15) is 12.0 Å². The summed E-state index contributed by atoms with van der Waals surface area (Å²) in [4.78, 5) is 8.40. The predicted octanol–water partition coefficient (Wildman–Crippen LogP) is 5.42. The third-order valence-electron chi connectivity index (χ3n) is 3.69. The molecule has 0 fully saturated rings. The molecule has 1 aromatic heterocycles. The lowest BCUT2D eigenvalue weighted by molar-refractivity contribution is 1.14. The first-order valence-electron chi connectivity index (χ1n) is 7.75. The molecule has 0 aliphatic heterocycles. The van der Waals surface area contributed by atoms with Gasteiger partial charge in [-0.25, -0.2) is 9.97 Å². The molecule has 3 rings (SSSR count). The minimum absolute atomic E-state index is 0.387. The Bertz CT molecular complexity index is 881. The molecule has 0 saturated heterocycles. The molecule has 5 nitrogen and oxygen atoms in total. The van der Waals surface area contributed by atoms with E-state index in [1.807, 2.05) is 12.1 Å². The molecule has 25 heavy (non-hydrogen) atoms. The van der Waals surface area contributed by atoms with Crippen molar-refractivity contribution in [2.75, 3.05) is 16.4 Å². The highest BCUT2D eigenvalue weighted by Crippen LogP contribution is 2.32. The molecule has 0 radical (unpaired) electrons. The fourth-order valence-corrected chi connectivity index (χ4v) is 2.61. The summed E-state index contributed by atoms with van der Waals surface area (Å²) in [6.45, 7) is 2.11. The number of aryl methyl sites for hydroxylation is 1. The molecule has 1 heterocycles. The quantitative estimate of drug-likeness (QED) is 0.556. The van der Waals surface area contributed by atoms with Gasteiger partial charge in [0.2, 0.25) is 0 Å². The van der Waals surface area contributed by atoms with Gasteiger partial charge in [-0.05, 0) is 42.3 Å². The van der Waals surface area contributed by atoms with Gasteiger partial charge in [-0.15, -0.1) is 0 Å². The Labute approximate surface area is 156 Å². The molecule has 4 N–H and O–H groups in total. The van der Waals surface area contributed by atoms with E-state index >= 15 is 0 Å². The van der Waals surface area contributed by atoms with Gasteiger partial charge in [0.25, 0.3) is 0 Å². The molecule has 128 valence electrons. The van der Waals surface area contributed by atoms with Crippen LogP contribution in [0.2, 0.25) is 10.0 Å². The molecule has 0 bridgehead atoms. The maximum absolute atomic E-state index is 6.20. The highest BCUT2D eigenvalue weighted by atomic mass is 35.5. The lowest BCUT2D eigenvalue weighted by Gasteiger charge is -2.13. The van der Waals surface area contributed by atoms with Gasteiger partial charge in [-0.1, -0.05) is 42.3 Å². The summed E-state index contributed by atoms with van der Waals surface area (Å²) in [5.74, 6) is 0.965. The van der Waals surface area contributed by atoms with E-state index in [0.717, 1.165) is 12.1 Å². The second kappa shape index (κ2) is 7.59. The van der Waals surface area contributed by atoms with Crippen LogP contribution < -0.4 is 16.4 Å². The van der Waals surface area contributed by atoms with Crippen LogP contribution in [-0.4, -0.2) is 9.97 Å². The van der Waals surface area contributed by atoms with E-state index in [-0.39, 0.29) is 0 Å². The molecule has 0 unspecified atom stereocenters. The zero-order valence-corrected chi connectivity index (χ0v) is 15.1. The fourth-order valence-electron chi connectivity index (χ4n) is 2.28. The first-order chi connectivity index (χ1) is 12.1. The van der Waals surface area contributed by atoms with Crippen LogP contribution in [0.3, 0.4) is 0 Å². The minimum Gasteiger partial charge on any atom is -0.393 e. The predicted molar refractivity (Wildman–Crippen MR) is 105 cm³/mol. The molecule has 0 amide bonds. The van der Waals surface area contributed by atoms with Gasteiger partial charge in [0.05, 0.1) is 10.7 Å². The molecule has 7 heteroatoms. The molecule has 0 saturated carbocycles. The number of hydrogen-bond acceptors (Lipinski definition) is 5. The van der Waals surface area contributed by atoms with Crippen LogP contribution >= 0.6 is 23.2 Å². The summed E-state index contributed by atoms with van der Waals surface area (Å²) < 4.78 is 0. The number of nitrogen functional groups attached to an aromatic ring is 1. The van der Waals surface area contributed by atoms with Crippen LogP contribution in [0.1, 0.15) is 12.5 Å². The second-order valence-corrected chi connectivity index (χ2v) is 6.25. The maximum Gasteiger partial charge on any atom is 0.159 e. The van der Waals surface area contributed by atoms with E-state index in [4.69, 9.17) is 28.9 Å². The van der Waals surface area contributed by atoms with Crippen LogP contribution in [0.15, 0.2) is 48.8 Å². The van der Waals surface area contributed by atoms with Crippen molar-refractivity contribution in [2.24, 2.45) is 0 Å². The SMILES string of the molecule is CCc1ccc(Nc2ncnc(Nc3cc(Cl)ccc3Cl)c2N)cc1. The number of anilines is 5. The van der Waals surface area contributed by atoms with Crippen LogP contribution in [-0.2, 0) is 6.42 Å². The monoisotopic (exact) mass is 373 g/mol. The molecular weight excluding hydrogens is 357 g/mol. The third-order valence-corrected chi connectivity index (χ3v) is 4.25. The lowest BCUT2D eigenvalue weighted by Crippen LogP contribution is -2.05. The Morgan fingerprint density at radius 3 is 2.32 bits per heavy atom. The van der Waals surface area contributed by atoms with Gasteiger partial charge in [-0.3, -0.25) is 0 Å². The molecule has 2 aromatic carbocycles. The van der Waals surface area contributed by atoms with Gasteiger partial charge in [-0.2, -0.15) is 0 Å². The average molecular weight is 374 g/mol. The Morgan fingerprint density at radius 2 is 1.64 bits per heavy atom. The number of benzene rings is 2. The van der Waals surface area contributed by atoms with Gasteiger partial charge >= 0.3 is 0 Å². The Morgan fingerprint density at radius 1 is 0.960 bits per heavy atom. The van der Waals surface area contributed by atoms with Gasteiger partial charge in [0.15, 0.2) is 11.6 Å². The summed E-state index contributed by atoms with van der Waals surface area (Å²) in [6, 6.07) is 13.2. The standard InChI is InChI=1S/C18H17Cl2N5/c1-2-11-3-6-13(7-4-11)24-17-16(21)18(23-10-22-17)25-15-9-12(19)5-8-14(15)20/h3-10H,2,21H2,1H3,(H2,22,23,24,25). The number of nitrogens with two attached hydrogens (primary N) is 1. The van der Waals surface area contributed by atoms with E-state index in [1.165, 1.54) is 11.9 Å². The zero-order valence-electron chi connectivity index (χ0n) is 13.6. The largest absolute Gasteiger partial charge is 0.393 e. The van der Waals surface area contributed by atoms with Crippen LogP contribution in [0.25, 0.3) is 0 Å². The van der Waals surface area contributed by atoms with E-state index in [9.17, 15) is 0 Å². The minimum atomic E-state index is 0.387. The van der Waals surface area contributed by atoms with E-state index in [1.54, 1.807) is 18.2 Å². The smallest absolute Gasteiger partial charge is 0.159 e. The van der Waals surface area contributed by atoms with Crippen molar-refractivity contribution in [3.8, 4) is 0 Å². The van der Waals surface area contributed by atoms with Crippen molar-refractivity contribution in [2.45, 2.75) is 13.3 Å². The number of aromatic nitrogens is 2. The summed E-state index contributed by atoms with van der Waals surface area (Å²) in [5.41, 5.74) is 9.37. The highest BCUT2D eigenvalue weighted by Gasteiger charge is 2.10. The van der Waals surface area contributed by atoms with Gasteiger partial charge < -0.3 is 16.4 Å². The lowest BCUT2D eigenvalue weighted by atomic mass is 10.1. The Kier molecular flexibility index (Phi) is 5.26. The van der Waals surface area contributed by atoms with Gasteiger partial charge in [0, 0.05) is 10.7 Å². The molecule has 0 atom stereocenters. The summed E-state index contributed by atoms with van der Waals surface area (Å²) in [6.07, 6.45) is 2.42. The van der Waals surface area contributed by atoms with E-state index < -0.39 is 0 Å². The first kappa shape index (κ1) is 17.3. The van der Waals surface area contributed by atoms with Crippen LogP contribution in [0, 0.1) is 0 Å². The molecule has 3 aromatic rings. The van der Waals surface area contributed by atoms with Crippen molar-refractivity contribution in [1.29, 1.82) is 0 Å². The zero-order chi connectivity index (χ0) is 17.8. The van der Waals surface area contributed by atoms with Crippen molar-refractivity contribution in [3.63, 3.8) is 0 Å². The number of nitrogens with one attached hydrogen (secondary N) is 2. The highest BCUT2D eigenvalue weighted by molar-refractivity contribution is 6.35. The van der Waals surface area contributed by atoms with Crippen molar-refractivity contribution in [1.82, 2.24) is 9.97 Å². The molecule has 0 aliphatic carbocycles. The number of halogens is 2.